The van der Waals surface area contributed by atoms with Crippen molar-refractivity contribution in [3.63, 3.8) is 0 Å². The van der Waals surface area contributed by atoms with Gasteiger partial charge in [0.2, 0.25) is 0 Å². The molecule has 0 spiro atoms. The Morgan fingerprint density at radius 3 is 2.52 bits per heavy atom. The fourth-order valence-corrected chi connectivity index (χ4v) is 4.41. The molecule has 2 saturated heterocycles. The first-order valence-corrected chi connectivity index (χ1v) is 11.3. The maximum Gasteiger partial charge on any atom is 0.193 e. The predicted molar refractivity (Wildman–Crippen MR) is 124 cm³/mol. The van der Waals surface area contributed by atoms with Crippen molar-refractivity contribution in [1.29, 1.82) is 0 Å². The number of nitrogens with zero attached hydrogens (tertiary/aromatic N) is 3. The Hall–Kier alpha value is -2.41. The van der Waals surface area contributed by atoms with Crippen molar-refractivity contribution >= 4 is 5.96 Å². The van der Waals surface area contributed by atoms with Gasteiger partial charge in [-0.2, -0.15) is 0 Å². The van der Waals surface area contributed by atoms with Crippen LogP contribution in [-0.2, 0) is 29.2 Å². The Morgan fingerprint density at radius 2 is 1.74 bits per heavy atom. The number of aliphatic imine (C=N–C) groups is 1. The minimum absolute atomic E-state index is 0.598. The molecule has 166 valence electrons. The smallest absolute Gasteiger partial charge is 0.193 e. The average Bonchev–Trinajstić information content (AvgIpc) is 3.32. The molecule has 0 radical (unpaired) electrons. The number of rotatable bonds is 7. The number of nitrogens with one attached hydrogen (secondary N) is 1. The molecule has 0 bridgehead atoms. The van der Waals surface area contributed by atoms with Crippen LogP contribution in [0.5, 0.6) is 0 Å². The lowest BCUT2D eigenvalue weighted by atomic mass is 10.1. The predicted octanol–water partition coefficient (Wildman–Crippen LogP) is 2.89. The summed E-state index contributed by atoms with van der Waals surface area (Å²) in [4.78, 5) is 9.50. The van der Waals surface area contributed by atoms with Gasteiger partial charge in [0.25, 0.3) is 0 Å². The maximum absolute atomic E-state index is 5.98. The summed E-state index contributed by atoms with van der Waals surface area (Å²) in [6, 6.07) is 19.4. The van der Waals surface area contributed by atoms with E-state index in [1.54, 1.807) is 0 Å². The van der Waals surface area contributed by atoms with E-state index in [1.165, 1.54) is 23.1 Å². The molecule has 0 saturated carbocycles. The van der Waals surface area contributed by atoms with Crippen LogP contribution in [0.15, 0.2) is 59.6 Å². The highest BCUT2D eigenvalue weighted by Gasteiger charge is 2.30. The fraction of sp³-hybridized carbons (Fsp3) is 0.480. The van der Waals surface area contributed by atoms with Crippen molar-refractivity contribution in [2.24, 2.45) is 4.99 Å². The quantitative estimate of drug-likeness (QED) is 0.549. The maximum atomic E-state index is 5.98. The van der Waals surface area contributed by atoms with Crippen molar-refractivity contribution in [1.82, 2.24) is 15.1 Å². The molecule has 6 nitrogen and oxygen atoms in total. The molecule has 0 aliphatic carbocycles. The van der Waals surface area contributed by atoms with E-state index in [9.17, 15) is 0 Å². The van der Waals surface area contributed by atoms with Crippen molar-refractivity contribution in [2.75, 3.05) is 46.4 Å². The third-order valence-corrected chi connectivity index (χ3v) is 6.16. The van der Waals surface area contributed by atoms with E-state index in [0.717, 1.165) is 51.9 Å². The molecule has 2 aromatic carbocycles. The van der Waals surface area contributed by atoms with Gasteiger partial charge in [-0.05, 0) is 23.1 Å². The van der Waals surface area contributed by atoms with Crippen LogP contribution in [0, 0.1) is 0 Å². The molecule has 1 atom stereocenters. The summed E-state index contributed by atoms with van der Waals surface area (Å²) >= 11 is 0. The Balaban J connectivity index is 1.29. The van der Waals surface area contributed by atoms with Crippen LogP contribution in [-0.4, -0.2) is 68.2 Å². The lowest BCUT2D eigenvalue weighted by Gasteiger charge is -2.32. The Labute approximate surface area is 185 Å². The summed E-state index contributed by atoms with van der Waals surface area (Å²) in [6.45, 7) is 7.84. The van der Waals surface area contributed by atoms with Gasteiger partial charge in [-0.3, -0.25) is 9.89 Å². The number of ether oxygens (including phenoxy) is 2. The number of hydrogen-bond donors (Lipinski definition) is 1. The highest BCUT2D eigenvalue weighted by atomic mass is 16.5. The number of benzene rings is 2. The minimum atomic E-state index is 0.598. The SMILES string of the molecule is CN=C(NCc1ccccc1COCc1ccccc1)N1CCC(N2CCOCC2)C1. The summed E-state index contributed by atoms with van der Waals surface area (Å²) in [5.41, 5.74) is 3.66. The van der Waals surface area contributed by atoms with Gasteiger partial charge in [0.1, 0.15) is 0 Å². The molecule has 6 heteroatoms. The van der Waals surface area contributed by atoms with E-state index in [1.807, 2.05) is 25.2 Å². The van der Waals surface area contributed by atoms with Crippen LogP contribution < -0.4 is 5.32 Å². The first-order chi connectivity index (χ1) is 15.3. The van der Waals surface area contributed by atoms with E-state index in [0.29, 0.717) is 19.3 Å². The van der Waals surface area contributed by atoms with Gasteiger partial charge in [-0.15, -0.1) is 0 Å². The topological polar surface area (TPSA) is 49.3 Å². The lowest BCUT2D eigenvalue weighted by Crippen LogP contribution is -2.46. The van der Waals surface area contributed by atoms with Gasteiger partial charge >= 0.3 is 0 Å². The van der Waals surface area contributed by atoms with E-state index in [-0.39, 0.29) is 0 Å². The molecule has 31 heavy (non-hydrogen) atoms. The second-order valence-electron chi connectivity index (χ2n) is 8.18. The van der Waals surface area contributed by atoms with Crippen molar-refractivity contribution < 1.29 is 9.47 Å². The number of morpholine rings is 1. The van der Waals surface area contributed by atoms with Gasteiger partial charge in [0.05, 0.1) is 26.4 Å². The van der Waals surface area contributed by atoms with Crippen LogP contribution in [0.25, 0.3) is 0 Å². The normalized spacial score (nSPS) is 20.2. The molecule has 2 heterocycles. The van der Waals surface area contributed by atoms with Crippen molar-refractivity contribution in [3.8, 4) is 0 Å². The third-order valence-electron chi connectivity index (χ3n) is 6.16. The Morgan fingerprint density at radius 1 is 1.00 bits per heavy atom. The first-order valence-electron chi connectivity index (χ1n) is 11.3. The molecule has 2 aliphatic rings. The van der Waals surface area contributed by atoms with E-state index in [4.69, 9.17) is 9.47 Å². The molecule has 1 N–H and O–H groups in total. The molecule has 0 amide bonds. The average molecular weight is 423 g/mol. The highest BCUT2D eigenvalue weighted by molar-refractivity contribution is 5.80. The fourth-order valence-electron chi connectivity index (χ4n) is 4.41. The number of guanidine groups is 1. The van der Waals surface area contributed by atoms with E-state index in [2.05, 4.69) is 56.5 Å². The van der Waals surface area contributed by atoms with E-state index >= 15 is 0 Å². The molecule has 2 fully saturated rings. The third kappa shape index (κ3) is 6.06. The molecular formula is C25H34N4O2. The molecule has 4 rings (SSSR count). The Bertz CT molecular complexity index is 836. The summed E-state index contributed by atoms with van der Waals surface area (Å²) in [5.74, 6) is 0.982. The van der Waals surface area contributed by atoms with E-state index < -0.39 is 0 Å². The van der Waals surface area contributed by atoms with Crippen molar-refractivity contribution in [2.45, 2.75) is 32.2 Å². The van der Waals surface area contributed by atoms with Gasteiger partial charge in [-0.1, -0.05) is 54.6 Å². The van der Waals surface area contributed by atoms with Crippen LogP contribution in [0.2, 0.25) is 0 Å². The summed E-state index contributed by atoms with van der Waals surface area (Å²) in [7, 11) is 1.87. The van der Waals surface area contributed by atoms with Crippen LogP contribution in [0.3, 0.4) is 0 Å². The van der Waals surface area contributed by atoms with Gasteiger partial charge < -0.3 is 19.7 Å². The van der Waals surface area contributed by atoms with Crippen molar-refractivity contribution in [3.05, 3.63) is 71.3 Å². The molecule has 2 aliphatic heterocycles. The zero-order chi connectivity index (χ0) is 21.3. The number of hydrogen-bond acceptors (Lipinski definition) is 4. The molecule has 0 aromatic heterocycles. The lowest BCUT2D eigenvalue weighted by molar-refractivity contribution is 0.0195. The molecule has 2 aromatic rings. The van der Waals surface area contributed by atoms with Crippen LogP contribution in [0.4, 0.5) is 0 Å². The monoisotopic (exact) mass is 422 g/mol. The minimum Gasteiger partial charge on any atom is -0.379 e. The summed E-state index contributed by atoms with van der Waals surface area (Å²) in [5, 5.41) is 3.58. The molecular weight excluding hydrogens is 388 g/mol. The standard InChI is InChI=1S/C25H34N4O2/c1-26-25(29-12-11-24(18-29)28-13-15-30-16-14-28)27-17-22-9-5-6-10-23(22)20-31-19-21-7-3-2-4-8-21/h2-10,24H,11-20H2,1H3,(H,26,27). The second kappa shape index (κ2) is 11.3. The number of likely N-dealkylation sites (tertiary alicyclic amines) is 1. The zero-order valence-corrected chi connectivity index (χ0v) is 18.5. The largest absolute Gasteiger partial charge is 0.379 e. The van der Waals surface area contributed by atoms with Gasteiger partial charge in [-0.25, -0.2) is 0 Å². The second-order valence-corrected chi connectivity index (χ2v) is 8.18. The molecule has 1 unspecified atom stereocenters. The highest BCUT2D eigenvalue weighted by Crippen LogP contribution is 2.18. The van der Waals surface area contributed by atoms with Crippen LogP contribution >= 0.6 is 0 Å². The summed E-state index contributed by atoms with van der Waals surface area (Å²) in [6.07, 6.45) is 1.19. The van der Waals surface area contributed by atoms with Gasteiger partial charge in [0, 0.05) is 45.8 Å². The van der Waals surface area contributed by atoms with Crippen LogP contribution in [0.1, 0.15) is 23.1 Å². The van der Waals surface area contributed by atoms with Gasteiger partial charge in [0.15, 0.2) is 5.96 Å². The summed E-state index contributed by atoms with van der Waals surface area (Å²) < 4.78 is 11.5. The Kier molecular flexibility index (Phi) is 7.93. The first kappa shape index (κ1) is 21.8. The zero-order valence-electron chi connectivity index (χ0n) is 18.5.